The van der Waals surface area contributed by atoms with Gasteiger partial charge in [0.25, 0.3) is 0 Å². The second-order valence-electron chi connectivity index (χ2n) is 15.9. The minimum Gasteiger partial charge on any atom is -0.456 e. The van der Waals surface area contributed by atoms with E-state index in [4.69, 9.17) is 19.4 Å². The van der Waals surface area contributed by atoms with Gasteiger partial charge in [-0.25, -0.2) is 15.0 Å². The summed E-state index contributed by atoms with van der Waals surface area (Å²) in [6, 6.07) is 79.2. The number of nitrogens with zero attached hydrogens (tertiary/aromatic N) is 3. The molecular weight excluding hydrogens is 755 g/mol. The zero-order valence-corrected chi connectivity index (χ0v) is 33.6. The Morgan fingerprint density at radius 3 is 1.37 bits per heavy atom. The third-order valence-electron chi connectivity index (χ3n) is 12.4. The minimum atomic E-state index is -0.553. The molecule has 0 spiro atoms. The first-order valence-electron chi connectivity index (χ1n) is 21.0. The molecule has 1 aliphatic rings. The predicted octanol–water partition coefficient (Wildman–Crippen LogP) is 14.5. The van der Waals surface area contributed by atoms with Crippen molar-refractivity contribution in [2.45, 2.75) is 5.41 Å². The summed E-state index contributed by atoms with van der Waals surface area (Å²) in [6.07, 6.45) is 0. The van der Waals surface area contributed by atoms with Gasteiger partial charge in [0.2, 0.25) is 0 Å². The standard InChI is InChI=1S/C58H37N3O/c1-4-17-38(18-5-1)40-21-14-23-42(35-40)55-59-56(43-24-15-22-41(36-43)39-19-6-2-7-20-39)61-57(60-55)48-29-16-32-53-54(48)49-37-45(33-34-52(49)62-53)58(44-25-8-3-9-26-44)50-30-12-10-27-46(50)47-28-11-13-31-51(47)58/h1-37H. The van der Waals surface area contributed by atoms with Crippen molar-refractivity contribution in [2.24, 2.45) is 0 Å². The van der Waals surface area contributed by atoms with Crippen molar-refractivity contribution < 1.29 is 4.42 Å². The van der Waals surface area contributed by atoms with Crippen LogP contribution < -0.4 is 0 Å². The third kappa shape index (κ3) is 5.72. The fourth-order valence-corrected chi connectivity index (χ4v) is 9.65. The molecule has 0 aliphatic heterocycles. The second kappa shape index (κ2) is 14.5. The van der Waals surface area contributed by atoms with Crippen LogP contribution in [0.1, 0.15) is 22.3 Å². The van der Waals surface area contributed by atoms with Crippen LogP contribution in [0.3, 0.4) is 0 Å². The maximum atomic E-state index is 6.70. The van der Waals surface area contributed by atoms with Crippen LogP contribution in [0.4, 0.5) is 0 Å². The molecule has 2 heterocycles. The van der Waals surface area contributed by atoms with Gasteiger partial charge in [0.1, 0.15) is 11.2 Å². The van der Waals surface area contributed by atoms with E-state index in [1.54, 1.807) is 0 Å². The summed E-state index contributed by atoms with van der Waals surface area (Å²) in [6.45, 7) is 0. The molecule has 4 heteroatoms. The Hall–Kier alpha value is -8.21. The lowest BCUT2D eigenvalue weighted by Crippen LogP contribution is -2.28. The summed E-state index contributed by atoms with van der Waals surface area (Å²) in [7, 11) is 0. The fraction of sp³-hybridized carbons (Fsp3) is 0.0172. The van der Waals surface area contributed by atoms with Crippen LogP contribution in [-0.2, 0) is 5.41 Å². The fourth-order valence-electron chi connectivity index (χ4n) is 9.65. The Bertz CT molecular complexity index is 3320. The van der Waals surface area contributed by atoms with Gasteiger partial charge in [-0.2, -0.15) is 0 Å². The lowest BCUT2D eigenvalue weighted by Gasteiger charge is -2.33. The van der Waals surface area contributed by atoms with Gasteiger partial charge >= 0.3 is 0 Å². The van der Waals surface area contributed by atoms with Gasteiger partial charge in [0, 0.05) is 27.5 Å². The molecule has 0 N–H and O–H groups in total. The summed E-state index contributed by atoms with van der Waals surface area (Å²) in [5.41, 5.74) is 15.6. The van der Waals surface area contributed by atoms with E-state index in [-0.39, 0.29) is 0 Å². The highest BCUT2D eigenvalue weighted by molar-refractivity contribution is 6.12. The van der Waals surface area contributed by atoms with Gasteiger partial charge in [-0.1, -0.05) is 194 Å². The summed E-state index contributed by atoms with van der Waals surface area (Å²) in [5, 5.41) is 1.97. The molecule has 290 valence electrons. The molecule has 0 amide bonds. The molecule has 62 heavy (non-hydrogen) atoms. The van der Waals surface area contributed by atoms with Gasteiger partial charge in [-0.15, -0.1) is 0 Å². The molecule has 0 bridgehead atoms. The number of fused-ring (bicyclic) bond motifs is 6. The van der Waals surface area contributed by atoms with Crippen LogP contribution in [0.25, 0.3) is 89.5 Å². The van der Waals surface area contributed by atoms with Crippen molar-refractivity contribution in [3.8, 4) is 67.5 Å². The van der Waals surface area contributed by atoms with E-state index in [0.717, 1.165) is 60.9 Å². The molecule has 0 saturated heterocycles. The summed E-state index contributed by atoms with van der Waals surface area (Å²) >= 11 is 0. The average Bonchev–Trinajstić information content (AvgIpc) is 3.88. The smallest absolute Gasteiger partial charge is 0.164 e. The van der Waals surface area contributed by atoms with E-state index in [0.29, 0.717) is 17.5 Å². The van der Waals surface area contributed by atoms with E-state index < -0.39 is 5.41 Å². The van der Waals surface area contributed by atoms with Gasteiger partial charge < -0.3 is 4.42 Å². The Morgan fingerprint density at radius 2 is 0.774 bits per heavy atom. The SMILES string of the molecule is c1ccc(-c2cccc(-c3nc(-c4cccc(-c5ccccc5)c4)nc(-c4cccc5oc6ccc(C7(c8ccccc8)c8ccccc8-c8ccccc87)cc6c45)n3)c2)cc1. The van der Waals surface area contributed by atoms with Crippen LogP contribution in [0.5, 0.6) is 0 Å². The molecule has 0 atom stereocenters. The Labute approximate surface area is 359 Å². The normalized spacial score (nSPS) is 12.6. The Morgan fingerprint density at radius 1 is 0.306 bits per heavy atom. The lowest BCUT2D eigenvalue weighted by molar-refractivity contribution is 0.668. The van der Waals surface area contributed by atoms with Gasteiger partial charge in [0.15, 0.2) is 17.5 Å². The van der Waals surface area contributed by atoms with E-state index in [2.05, 4.69) is 200 Å². The molecule has 0 unspecified atom stereocenters. The number of hydrogen-bond acceptors (Lipinski definition) is 4. The molecule has 11 aromatic rings. The molecule has 2 aromatic heterocycles. The van der Waals surface area contributed by atoms with E-state index >= 15 is 0 Å². The first-order valence-corrected chi connectivity index (χ1v) is 21.0. The second-order valence-corrected chi connectivity index (χ2v) is 15.9. The Balaban J connectivity index is 1.09. The maximum Gasteiger partial charge on any atom is 0.164 e. The molecule has 0 fully saturated rings. The number of furan rings is 1. The minimum absolute atomic E-state index is 0.553. The van der Waals surface area contributed by atoms with Crippen molar-refractivity contribution in [3.05, 3.63) is 247 Å². The quantitative estimate of drug-likeness (QED) is 0.161. The van der Waals surface area contributed by atoms with E-state index in [9.17, 15) is 0 Å². The zero-order valence-electron chi connectivity index (χ0n) is 33.6. The molecule has 1 aliphatic carbocycles. The lowest BCUT2D eigenvalue weighted by atomic mass is 9.67. The molecule has 4 nitrogen and oxygen atoms in total. The summed E-state index contributed by atoms with van der Waals surface area (Å²) in [5.74, 6) is 1.77. The van der Waals surface area contributed by atoms with Crippen molar-refractivity contribution in [1.82, 2.24) is 15.0 Å². The first kappa shape index (κ1) is 35.7. The highest BCUT2D eigenvalue weighted by Crippen LogP contribution is 2.56. The van der Waals surface area contributed by atoms with Crippen LogP contribution in [0.2, 0.25) is 0 Å². The van der Waals surface area contributed by atoms with E-state index in [1.807, 2.05) is 24.3 Å². The third-order valence-corrected chi connectivity index (χ3v) is 12.4. The number of aromatic nitrogens is 3. The van der Waals surface area contributed by atoms with Crippen molar-refractivity contribution in [3.63, 3.8) is 0 Å². The molecule has 12 rings (SSSR count). The van der Waals surface area contributed by atoms with Gasteiger partial charge in [0.05, 0.1) is 5.41 Å². The van der Waals surface area contributed by atoms with Crippen LogP contribution in [-0.4, -0.2) is 15.0 Å². The van der Waals surface area contributed by atoms with Crippen molar-refractivity contribution in [1.29, 1.82) is 0 Å². The molecule has 0 saturated carbocycles. The predicted molar refractivity (Wildman–Crippen MR) is 252 cm³/mol. The topological polar surface area (TPSA) is 51.8 Å². The van der Waals surface area contributed by atoms with Crippen molar-refractivity contribution in [2.75, 3.05) is 0 Å². The number of rotatable bonds is 7. The molecular formula is C58H37N3O. The van der Waals surface area contributed by atoms with Gasteiger partial charge in [-0.05, 0) is 86.0 Å². The number of benzene rings is 9. The monoisotopic (exact) mass is 791 g/mol. The molecule has 9 aromatic carbocycles. The highest BCUT2D eigenvalue weighted by atomic mass is 16.3. The summed E-state index contributed by atoms with van der Waals surface area (Å²) in [4.78, 5) is 15.8. The number of hydrogen-bond donors (Lipinski definition) is 0. The first-order chi connectivity index (χ1) is 30.7. The largest absolute Gasteiger partial charge is 0.456 e. The van der Waals surface area contributed by atoms with Crippen LogP contribution >= 0.6 is 0 Å². The zero-order chi connectivity index (χ0) is 41.0. The summed E-state index contributed by atoms with van der Waals surface area (Å²) < 4.78 is 6.70. The van der Waals surface area contributed by atoms with Crippen molar-refractivity contribution >= 4 is 21.9 Å². The Kier molecular flexibility index (Phi) is 8.36. The van der Waals surface area contributed by atoms with Crippen LogP contribution in [0, 0.1) is 0 Å². The molecule has 0 radical (unpaired) electrons. The maximum absolute atomic E-state index is 6.70. The average molecular weight is 792 g/mol. The van der Waals surface area contributed by atoms with Crippen LogP contribution in [0.15, 0.2) is 229 Å². The van der Waals surface area contributed by atoms with Gasteiger partial charge in [-0.3, -0.25) is 0 Å². The highest BCUT2D eigenvalue weighted by Gasteiger charge is 2.46. The van der Waals surface area contributed by atoms with E-state index in [1.165, 1.54) is 33.4 Å².